The smallest absolute Gasteiger partial charge is 0.0113 e. The molecule has 0 heterocycles. The molecule has 1 aromatic carbocycles. The predicted octanol–water partition coefficient (Wildman–Crippen LogP) is 9.65. The lowest BCUT2D eigenvalue weighted by molar-refractivity contribution is 0.310. The van der Waals surface area contributed by atoms with Crippen LogP contribution in [0.15, 0.2) is 60.7 Å². The van der Waals surface area contributed by atoms with Crippen LogP contribution in [-0.4, -0.2) is 0 Å². The van der Waals surface area contributed by atoms with Gasteiger partial charge in [-0.3, -0.25) is 0 Å². The Hall–Kier alpha value is -1.82. The van der Waals surface area contributed by atoms with Gasteiger partial charge in [0.2, 0.25) is 0 Å². The van der Waals surface area contributed by atoms with E-state index >= 15 is 0 Å². The molecule has 0 heteroatoms. The number of rotatable bonds is 5. The van der Waals surface area contributed by atoms with E-state index in [1.165, 1.54) is 41.5 Å². The maximum atomic E-state index is 4.04. The van der Waals surface area contributed by atoms with Gasteiger partial charge in [-0.05, 0) is 73.5 Å². The summed E-state index contributed by atoms with van der Waals surface area (Å²) in [6.07, 6.45) is 11.1. The highest BCUT2D eigenvalue weighted by Gasteiger charge is 2.42. The van der Waals surface area contributed by atoms with Gasteiger partial charge in [-0.2, -0.15) is 0 Å². The molecule has 164 valence electrons. The monoisotopic (exact) mass is 404 g/mol. The van der Waals surface area contributed by atoms with Crippen molar-refractivity contribution in [1.29, 1.82) is 0 Å². The van der Waals surface area contributed by atoms with E-state index in [9.17, 15) is 0 Å². The maximum Gasteiger partial charge on any atom is 0.0113 e. The molecule has 2 aliphatic carbocycles. The second-order valence-electron chi connectivity index (χ2n) is 10.6. The zero-order valence-electron chi connectivity index (χ0n) is 20.9. The van der Waals surface area contributed by atoms with Crippen LogP contribution in [0, 0.1) is 16.2 Å². The molecule has 1 aromatic rings. The second kappa shape index (κ2) is 9.13. The first kappa shape index (κ1) is 24.4. The van der Waals surface area contributed by atoms with E-state index in [1.807, 2.05) is 0 Å². The molecule has 0 amide bonds. The molecule has 0 saturated heterocycles. The topological polar surface area (TPSA) is 0 Å². The lowest BCUT2D eigenvalue weighted by Gasteiger charge is -2.46. The summed E-state index contributed by atoms with van der Waals surface area (Å²) < 4.78 is 0. The van der Waals surface area contributed by atoms with Crippen LogP contribution >= 0.6 is 0 Å². The molecular formula is C30H44. The van der Waals surface area contributed by atoms with E-state index in [1.54, 1.807) is 5.57 Å². The van der Waals surface area contributed by atoms with Crippen molar-refractivity contribution in [2.24, 2.45) is 16.2 Å². The maximum absolute atomic E-state index is 4.04. The standard InChI is InChI=1S/C23H32.C7H12/c1-8-10-21-22(5,6)20(15-16-23(21,7)9-2)19-13-11-18(12-14-19)17(3)4;1-6(2)7(3)4-5-7/h10-15H,3,8-9,16H2,1-2,4-7H3;1,4-5H2,2-3H3/b21-10-;. The van der Waals surface area contributed by atoms with Crippen molar-refractivity contribution < 1.29 is 0 Å². The second-order valence-corrected chi connectivity index (χ2v) is 10.6. The van der Waals surface area contributed by atoms with Crippen molar-refractivity contribution >= 4 is 11.1 Å². The van der Waals surface area contributed by atoms with Gasteiger partial charge in [0.15, 0.2) is 0 Å². The van der Waals surface area contributed by atoms with Gasteiger partial charge in [-0.1, -0.05) is 108 Å². The minimum Gasteiger partial charge on any atom is -0.0996 e. The quantitative estimate of drug-likeness (QED) is 0.428. The van der Waals surface area contributed by atoms with Gasteiger partial charge in [0.05, 0.1) is 0 Å². The van der Waals surface area contributed by atoms with E-state index in [2.05, 4.69) is 105 Å². The molecule has 1 unspecified atom stereocenters. The Bertz CT molecular complexity index is 837. The Morgan fingerprint density at radius 3 is 1.90 bits per heavy atom. The van der Waals surface area contributed by atoms with Crippen LogP contribution in [0.3, 0.4) is 0 Å². The average Bonchev–Trinajstić information content (AvgIpc) is 3.45. The van der Waals surface area contributed by atoms with E-state index in [0.29, 0.717) is 10.8 Å². The zero-order valence-corrected chi connectivity index (χ0v) is 20.9. The summed E-state index contributed by atoms with van der Waals surface area (Å²) >= 11 is 0. The molecule has 0 bridgehead atoms. The molecule has 0 spiro atoms. The normalized spacial score (nSPS) is 25.1. The zero-order chi connectivity index (χ0) is 22.7. The summed E-state index contributed by atoms with van der Waals surface area (Å²) in [6, 6.07) is 8.92. The summed E-state index contributed by atoms with van der Waals surface area (Å²) in [5.74, 6) is 0. The molecule has 0 aromatic heterocycles. The fraction of sp³-hybridized carbons (Fsp3) is 0.533. The SMILES string of the molecule is C=C(C)C1(C)CC1.C=C(C)c1ccc(C2=CCC(C)(CC)/C(=C\CC)C2(C)C)cc1. The van der Waals surface area contributed by atoms with Crippen LogP contribution in [0.5, 0.6) is 0 Å². The van der Waals surface area contributed by atoms with E-state index in [0.717, 1.165) is 18.4 Å². The third-order valence-corrected chi connectivity index (χ3v) is 7.66. The minimum atomic E-state index is 0.0871. The molecule has 3 rings (SSSR count). The Kier molecular flexibility index (Phi) is 7.44. The van der Waals surface area contributed by atoms with Crippen LogP contribution in [0.2, 0.25) is 0 Å². The van der Waals surface area contributed by atoms with Crippen LogP contribution in [0.1, 0.15) is 98.6 Å². The van der Waals surface area contributed by atoms with Crippen molar-refractivity contribution in [3.05, 3.63) is 71.8 Å². The summed E-state index contributed by atoms with van der Waals surface area (Å²) in [7, 11) is 0. The average molecular weight is 405 g/mol. The minimum absolute atomic E-state index is 0.0871. The highest BCUT2D eigenvalue weighted by molar-refractivity contribution is 5.76. The number of hydrogen-bond donors (Lipinski definition) is 0. The van der Waals surface area contributed by atoms with E-state index in [4.69, 9.17) is 0 Å². The number of benzene rings is 1. The summed E-state index contributed by atoms with van der Waals surface area (Å²) in [5.41, 5.74) is 9.06. The van der Waals surface area contributed by atoms with Crippen molar-refractivity contribution in [3.8, 4) is 0 Å². The molecule has 0 radical (unpaired) electrons. The highest BCUT2D eigenvalue weighted by Crippen LogP contribution is 2.55. The molecular weight excluding hydrogens is 360 g/mol. The molecule has 0 N–H and O–H groups in total. The summed E-state index contributed by atoms with van der Waals surface area (Å²) in [6.45, 7) is 26.2. The molecule has 1 saturated carbocycles. The van der Waals surface area contributed by atoms with Crippen molar-refractivity contribution in [3.63, 3.8) is 0 Å². The molecule has 1 fully saturated rings. The van der Waals surface area contributed by atoms with Gasteiger partial charge in [-0.15, -0.1) is 0 Å². The number of hydrogen-bond acceptors (Lipinski definition) is 0. The molecule has 30 heavy (non-hydrogen) atoms. The van der Waals surface area contributed by atoms with Gasteiger partial charge in [0.25, 0.3) is 0 Å². The molecule has 0 nitrogen and oxygen atoms in total. The van der Waals surface area contributed by atoms with E-state index in [-0.39, 0.29) is 5.41 Å². The molecule has 1 atom stereocenters. The third-order valence-electron chi connectivity index (χ3n) is 7.66. The number of allylic oxidation sites excluding steroid dienone is 6. The Morgan fingerprint density at radius 1 is 0.967 bits per heavy atom. The third kappa shape index (κ3) is 5.08. The fourth-order valence-electron chi connectivity index (χ4n) is 4.66. The largest absolute Gasteiger partial charge is 0.0996 e. The summed E-state index contributed by atoms with van der Waals surface area (Å²) in [4.78, 5) is 0. The first-order valence-corrected chi connectivity index (χ1v) is 11.8. The van der Waals surface area contributed by atoms with Gasteiger partial charge < -0.3 is 0 Å². The highest BCUT2D eigenvalue weighted by atomic mass is 14.5. The van der Waals surface area contributed by atoms with Gasteiger partial charge >= 0.3 is 0 Å². The molecule has 0 aliphatic heterocycles. The van der Waals surface area contributed by atoms with Crippen LogP contribution < -0.4 is 0 Å². The van der Waals surface area contributed by atoms with Crippen LogP contribution in [0.25, 0.3) is 11.1 Å². The fourth-order valence-corrected chi connectivity index (χ4v) is 4.66. The van der Waals surface area contributed by atoms with E-state index < -0.39 is 0 Å². The van der Waals surface area contributed by atoms with Crippen LogP contribution in [0.4, 0.5) is 0 Å². The van der Waals surface area contributed by atoms with Gasteiger partial charge in [0, 0.05) is 5.41 Å². The van der Waals surface area contributed by atoms with Crippen LogP contribution in [-0.2, 0) is 0 Å². The first-order valence-electron chi connectivity index (χ1n) is 11.8. The Balaban J connectivity index is 0.000000386. The molecule has 2 aliphatic rings. The predicted molar refractivity (Wildman–Crippen MR) is 136 cm³/mol. The first-order chi connectivity index (χ1) is 13.9. The van der Waals surface area contributed by atoms with Crippen molar-refractivity contribution in [2.45, 2.75) is 87.5 Å². The Labute approximate surface area is 186 Å². The van der Waals surface area contributed by atoms with Gasteiger partial charge in [0.1, 0.15) is 0 Å². The Morgan fingerprint density at radius 2 is 1.53 bits per heavy atom. The lowest BCUT2D eigenvalue weighted by atomic mass is 9.58. The lowest BCUT2D eigenvalue weighted by Crippen LogP contribution is -2.33. The van der Waals surface area contributed by atoms with Crippen molar-refractivity contribution in [1.82, 2.24) is 0 Å². The van der Waals surface area contributed by atoms with Crippen molar-refractivity contribution in [2.75, 3.05) is 0 Å². The van der Waals surface area contributed by atoms with Gasteiger partial charge in [-0.25, -0.2) is 0 Å². The summed E-state index contributed by atoms with van der Waals surface area (Å²) in [5, 5.41) is 0.